The van der Waals surface area contributed by atoms with Crippen molar-refractivity contribution >= 4 is 17.3 Å². The topological polar surface area (TPSA) is 94.4 Å². The molecule has 1 N–H and O–H groups in total. The Balaban J connectivity index is 1.85. The molecule has 1 heterocycles. The summed E-state index contributed by atoms with van der Waals surface area (Å²) >= 11 is 0. The van der Waals surface area contributed by atoms with Crippen molar-refractivity contribution in [3.05, 3.63) is 58.9 Å². The first-order valence-electron chi connectivity index (χ1n) is 5.72. The molecule has 0 unspecified atom stereocenters. The zero-order valence-corrected chi connectivity index (χ0v) is 10.4. The van der Waals surface area contributed by atoms with Crippen LogP contribution in [0.25, 0.3) is 0 Å². The van der Waals surface area contributed by atoms with E-state index in [4.69, 9.17) is 4.74 Å². The van der Waals surface area contributed by atoms with Crippen LogP contribution in [0.2, 0.25) is 0 Å². The zero-order valence-electron chi connectivity index (χ0n) is 10.4. The van der Waals surface area contributed by atoms with Crippen LogP contribution in [0.15, 0.2) is 48.8 Å². The number of anilines is 1. The van der Waals surface area contributed by atoms with E-state index < -0.39 is 4.92 Å². The van der Waals surface area contributed by atoms with Crippen LogP contribution in [-0.2, 0) is 4.79 Å². The Morgan fingerprint density at radius 3 is 2.45 bits per heavy atom. The molecule has 0 atom stereocenters. The standard InChI is InChI=1S/C13H11N3O4/c17-13(15-10-5-7-14-8-6-10)9-20-12-3-1-11(2-4-12)16(18)19/h1-8H,9H2,(H,14,15,17). The van der Waals surface area contributed by atoms with Gasteiger partial charge in [0.05, 0.1) is 4.92 Å². The molecule has 0 bridgehead atoms. The lowest BCUT2D eigenvalue weighted by molar-refractivity contribution is -0.384. The van der Waals surface area contributed by atoms with Crippen molar-refractivity contribution in [3.63, 3.8) is 0 Å². The molecule has 2 rings (SSSR count). The van der Waals surface area contributed by atoms with Gasteiger partial charge in [0.15, 0.2) is 6.61 Å². The van der Waals surface area contributed by atoms with Gasteiger partial charge in [-0.1, -0.05) is 0 Å². The van der Waals surface area contributed by atoms with Gasteiger partial charge in [0, 0.05) is 30.2 Å². The summed E-state index contributed by atoms with van der Waals surface area (Å²) in [5.74, 6) is 0.0648. The molecule has 1 amide bonds. The van der Waals surface area contributed by atoms with Crippen LogP contribution in [0.5, 0.6) is 5.75 Å². The number of benzene rings is 1. The molecule has 0 saturated carbocycles. The smallest absolute Gasteiger partial charge is 0.269 e. The van der Waals surface area contributed by atoms with Crippen molar-refractivity contribution < 1.29 is 14.5 Å². The monoisotopic (exact) mass is 273 g/mol. The van der Waals surface area contributed by atoms with Crippen LogP contribution >= 0.6 is 0 Å². The molecular formula is C13H11N3O4. The van der Waals surface area contributed by atoms with Crippen LogP contribution in [0, 0.1) is 10.1 Å². The summed E-state index contributed by atoms with van der Waals surface area (Å²) in [5, 5.41) is 13.1. The van der Waals surface area contributed by atoms with Gasteiger partial charge in [0.25, 0.3) is 11.6 Å². The third-order valence-electron chi connectivity index (χ3n) is 2.38. The number of aromatic nitrogens is 1. The second-order valence-electron chi connectivity index (χ2n) is 3.82. The molecule has 102 valence electrons. The average molecular weight is 273 g/mol. The first-order chi connectivity index (χ1) is 9.65. The maximum absolute atomic E-state index is 11.6. The normalized spacial score (nSPS) is 9.80. The number of rotatable bonds is 5. The predicted octanol–water partition coefficient (Wildman–Crippen LogP) is 2.01. The molecule has 0 aliphatic rings. The lowest BCUT2D eigenvalue weighted by Gasteiger charge is -2.07. The highest BCUT2D eigenvalue weighted by atomic mass is 16.6. The number of carbonyl (C=O) groups excluding carboxylic acids is 1. The Kier molecular flexibility index (Phi) is 4.23. The second-order valence-corrected chi connectivity index (χ2v) is 3.82. The van der Waals surface area contributed by atoms with E-state index in [1.165, 1.54) is 24.3 Å². The number of nitrogens with one attached hydrogen (secondary N) is 1. The van der Waals surface area contributed by atoms with Crippen molar-refractivity contribution in [2.24, 2.45) is 0 Å². The molecule has 20 heavy (non-hydrogen) atoms. The number of nitro benzene ring substituents is 1. The number of nitro groups is 1. The van der Waals surface area contributed by atoms with Crippen LogP contribution in [0.3, 0.4) is 0 Å². The molecule has 0 saturated heterocycles. The first kappa shape index (κ1) is 13.5. The van der Waals surface area contributed by atoms with Crippen LogP contribution < -0.4 is 10.1 Å². The van der Waals surface area contributed by atoms with Crippen molar-refractivity contribution in [2.75, 3.05) is 11.9 Å². The van der Waals surface area contributed by atoms with Gasteiger partial charge in [0.1, 0.15) is 5.75 Å². The molecular weight excluding hydrogens is 262 g/mol. The number of nitrogens with zero attached hydrogens (tertiary/aromatic N) is 2. The number of hydrogen-bond donors (Lipinski definition) is 1. The minimum Gasteiger partial charge on any atom is -0.484 e. The molecule has 0 radical (unpaired) electrons. The third-order valence-corrected chi connectivity index (χ3v) is 2.38. The van der Waals surface area contributed by atoms with Crippen LogP contribution in [-0.4, -0.2) is 22.4 Å². The lowest BCUT2D eigenvalue weighted by atomic mass is 10.3. The lowest BCUT2D eigenvalue weighted by Crippen LogP contribution is -2.20. The van der Waals surface area contributed by atoms with E-state index in [1.54, 1.807) is 24.5 Å². The molecule has 0 aliphatic carbocycles. The molecule has 1 aromatic heterocycles. The minimum absolute atomic E-state index is 0.0291. The molecule has 0 fully saturated rings. The predicted molar refractivity (Wildman–Crippen MR) is 71.5 cm³/mol. The van der Waals surface area contributed by atoms with E-state index in [9.17, 15) is 14.9 Å². The summed E-state index contributed by atoms with van der Waals surface area (Å²) in [6.45, 7) is -0.180. The van der Waals surface area contributed by atoms with Crippen LogP contribution in [0.1, 0.15) is 0 Å². The summed E-state index contributed by atoms with van der Waals surface area (Å²) in [6.07, 6.45) is 3.12. The largest absolute Gasteiger partial charge is 0.484 e. The van der Waals surface area contributed by atoms with Crippen molar-refractivity contribution in [3.8, 4) is 5.75 Å². The first-order valence-corrected chi connectivity index (χ1v) is 5.72. The summed E-state index contributed by atoms with van der Waals surface area (Å²) in [7, 11) is 0. The SMILES string of the molecule is O=C(COc1ccc([N+](=O)[O-])cc1)Nc1ccncc1. The van der Waals surface area contributed by atoms with E-state index in [2.05, 4.69) is 10.3 Å². The number of pyridine rings is 1. The fourth-order valence-corrected chi connectivity index (χ4v) is 1.45. The maximum atomic E-state index is 11.6. The summed E-state index contributed by atoms with van der Waals surface area (Å²) in [5.41, 5.74) is 0.593. The Morgan fingerprint density at radius 2 is 1.85 bits per heavy atom. The van der Waals surface area contributed by atoms with Crippen LogP contribution in [0.4, 0.5) is 11.4 Å². The molecule has 0 aliphatic heterocycles. The van der Waals surface area contributed by atoms with Gasteiger partial charge in [-0.25, -0.2) is 0 Å². The average Bonchev–Trinajstić information content (AvgIpc) is 2.46. The van der Waals surface area contributed by atoms with Crippen molar-refractivity contribution in [1.29, 1.82) is 0 Å². The van der Waals surface area contributed by atoms with E-state index in [-0.39, 0.29) is 18.2 Å². The number of non-ortho nitro benzene ring substituents is 1. The Hall–Kier alpha value is -2.96. The molecule has 0 spiro atoms. The Labute approximate surface area is 114 Å². The fraction of sp³-hybridized carbons (Fsp3) is 0.0769. The number of ether oxygens (including phenoxy) is 1. The Morgan fingerprint density at radius 1 is 1.20 bits per heavy atom. The molecule has 7 heteroatoms. The van der Waals surface area contributed by atoms with Gasteiger partial charge in [-0.15, -0.1) is 0 Å². The summed E-state index contributed by atoms with van der Waals surface area (Å²) in [4.78, 5) is 25.4. The molecule has 2 aromatic rings. The number of hydrogen-bond acceptors (Lipinski definition) is 5. The zero-order chi connectivity index (χ0) is 14.4. The minimum atomic E-state index is -0.500. The van der Waals surface area contributed by atoms with Crippen molar-refractivity contribution in [2.45, 2.75) is 0 Å². The van der Waals surface area contributed by atoms with E-state index in [0.717, 1.165) is 0 Å². The second kappa shape index (κ2) is 6.28. The van der Waals surface area contributed by atoms with Crippen molar-refractivity contribution in [1.82, 2.24) is 4.98 Å². The maximum Gasteiger partial charge on any atom is 0.269 e. The van der Waals surface area contributed by atoms with Gasteiger partial charge >= 0.3 is 0 Å². The van der Waals surface area contributed by atoms with Gasteiger partial charge in [-0.05, 0) is 24.3 Å². The number of amides is 1. The van der Waals surface area contributed by atoms with E-state index >= 15 is 0 Å². The van der Waals surface area contributed by atoms with Gasteiger partial charge < -0.3 is 10.1 Å². The Bertz CT molecular complexity index is 599. The van der Waals surface area contributed by atoms with E-state index in [0.29, 0.717) is 11.4 Å². The molecule has 1 aromatic carbocycles. The quantitative estimate of drug-likeness (QED) is 0.664. The highest BCUT2D eigenvalue weighted by Crippen LogP contribution is 2.17. The highest BCUT2D eigenvalue weighted by Gasteiger charge is 2.06. The molecule has 7 nitrogen and oxygen atoms in total. The fourth-order valence-electron chi connectivity index (χ4n) is 1.45. The summed E-state index contributed by atoms with van der Waals surface area (Å²) in [6, 6.07) is 8.83. The van der Waals surface area contributed by atoms with Gasteiger partial charge in [0.2, 0.25) is 0 Å². The number of carbonyl (C=O) groups is 1. The van der Waals surface area contributed by atoms with E-state index in [1.807, 2.05) is 0 Å². The van der Waals surface area contributed by atoms with Gasteiger partial charge in [-0.3, -0.25) is 19.9 Å². The van der Waals surface area contributed by atoms with Gasteiger partial charge in [-0.2, -0.15) is 0 Å². The highest BCUT2D eigenvalue weighted by molar-refractivity contribution is 5.91. The third kappa shape index (κ3) is 3.77. The summed E-state index contributed by atoms with van der Waals surface area (Å²) < 4.78 is 5.22.